The molecule has 0 aliphatic rings. The molecule has 1 aromatic carbocycles. The number of aliphatic hydroxyl groups excluding tert-OH is 1. The highest BCUT2D eigenvalue weighted by Gasteiger charge is 2.12. The van der Waals surface area contributed by atoms with Crippen LogP contribution in [0.1, 0.15) is 27.8 Å². The van der Waals surface area contributed by atoms with Crippen LogP contribution in [0.2, 0.25) is 5.02 Å². The second-order valence-electron chi connectivity index (χ2n) is 4.32. The molecule has 0 saturated heterocycles. The quantitative estimate of drug-likeness (QED) is 0.902. The fourth-order valence-corrected chi connectivity index (χ4v) is 1.79. The molecule has 0 fully saturated rings. The minimum Gasteiger partial charge on any atom is -0.387 e. The summed E-state index contributed by atoms with van der Waals surface area (Å²) in [6, 6.07) is 8.40. The lowest BCUT2D eigenvalue weighted by molar-refractivity contribution is 0.0911. The predicted molar refractivity (Wildman–Crippen MR) is 75.5 cm³/mol. The number of aryl methyl sites for hydroxylation is 1. The maximum Gasteiger partial charge on any atom is 0.270 e. The lowest BCUT2D eigenvalue weighted by Gasteiger charge is -2.12. The van der Waals surface area contributed by atoms with Crippen molar-refractivity contribution < 1.29 is 9.90 Å². The van der Waals surface area contributed by atoms with Crippen LogP contribution in [0, 0.1) is 6.92 Å². The van der Waals surface area contributed by atoms with Gasteiger partial charge in [-0.25, -0.2) is 9.97 Å². The van der Waals surface area contributed by atoms with E-state index in [-0.39, 0.29) is 18.1 Å². The summed E-state index contributed by atoms with van der Waals surface area (Å²) in [4.78, 5) is 19.7. The molecule has 1 unspecified atom stereocenters. The third-order valence-corrected chi connectivity index (χ3v) is 3.00. The first-order valence-corrected chi connectivity index (χ1v) is 6.44. The standard InChI is InChI=1S/C14H14ClN3O2/c1-9-6-12(18-8-17-9)14(20)16-7-13(19)10-2-4-11(15)5-3-10/h2-6,8,13,19H,7H2,1H3,(H,16,20). The van der Waals surface area contributed by atoms with Gasteiger partial charge in [0, 0.05) is 17.3 Å². The van der Waals surface area contributed by atoms with Crippen molar-refractivity contribution in [2.75, 3.05) is 6.54 Å². The van der Waals surface area contributed by atoms with Gasteiger partial charge in [0.2, 0.25) is 0 Å². The summed E-state index contributed by atoms with van der Waals surface area (Å²) < 4.78 is 0. The lowest BCUT2D eigenvalue weighted by atomic mass is 10.1. The summed E-state index contributed by atoms with van der Waals surface area (Å²) in [5.74, 6) is -0.344. The number of carbonyl (C=O) groups is 1. The highest BCUT2D eigenvalue weighted by atomic mass is 35.5. The van der Waals surface area contributed by atoms with Crippen LogP contribution in [0.3, 0.4) is 0 Å². The van der Waals surface area contributed by atoms with Gasteiger partial charge in [0.25, 0.3) is 5.91 Å². The van der Waals surface area contributed by atoms with E-state index in [0.717, 1.165) is 0 Å². The Hall–Kier alpha value is -1.98. The highest BCUT2D eigenvalue weighted by molar-refractivity contribution is 6.30. The third kappa shape index (κ3) is 3.76. The van der Waals surface area contributed by atoms with Gasteiger partial charge in [0.05, 0.1) is 6.10 Å². The summed E-state index contributed by atoms with van der Waals surface area (Å²) in [5, 5.41) is 13.2. The molecule has 104 valence electrons. The molecule has 0 bridgehead atoms. The van der Waals surface area contributed by atoms with Crippen molar-refractivity contribution in [3.05, 3.63) is 58.6 Å². The molecule has 1 heterocycles. The van der Waals surface area contributed by atoms with Gasteiger partial charge in [-0.05, 0) is 30.7 Å². The van der Waals surface area contributed by atoms with Crippen LogP contribution in [0.25, 0.3) is 0 Å². The number of nitrogens with one attached hydrogen (secondary N) is 1. The van der Waals surface area contributed by atoms with Crippen LogP contribution >= 0.6 is 11.6 Å². The molecule has 0 radical (unpaired) electrons. The third-order valence-electron chi connectivity index (χ3n) is 2.75. The fourth-order valence-electron chi connectivity index (χ4n) is 1.66. The maximum absolute atomic E-state index is 11.9. The second-order valence-corrected chi connectivity index (χ2v) is 4.76. The summed E-state index contributed by atoms with van der Waals surface area (Å²) in [7, 11) is 0. The molecular formula is C14H14ClN3O2. The van der Waals surface area contributed by atoms with E-state index in [1.54, 1.807) is 37.3 Å². The number of carbonyl (C=O) groups excluding carboxylic acids is 1. The molecule has 1 amide bonds. The van der Waals surface area contributed by atoms with Crippen LogP contribution in [-0.2, 0) is 0 Å². The zero-order chi connectivity index (χ0) is 14.5. The van der Waals surface area contributed by atoms with Crippen molar-refractivity contribution in [1.29, 1.82) is 0 Å². The Morgan fingerprint density at radius 1 is 1.35 bits per heavy atom. The van der Waals surface area contributed by atoms with Crippen molar-refractivity contribution in [1.82, 2.24) is 15.3 Å². The first-order chi connectivity index (χ1) is 9.56. The van der Waals surface area contributed by atoms with E-state index >= 15 is 0 Å². The molecule has 1 atom stereocenters. The van der Waals surface area contributed by atoms with Crippen molar-refractivity contribution in [2.45, 2.75) is 13.0 Å². The average Bonchev–Trinajstić information content (AvgIpc) is 2.45. The number of amides is 1. The topological polar surface area (TPSA) is 75.1 Å². The molecule has 20 heavy (non-hydrogen) atoms. The molecule has 2 N–H and O–H groups in total. The smallest absolute Gasteiger partial charge is 0.270 e. The van der Waals surface area contributed by atoms with E-state index in [9.17, 15) is 9.90 Å². The summed E-state index contributed by atoms with van der Waals surface area (Å²) in [6.07, 6.45) is 0.541. The largest absolute Gasteiger partial charge is 0.387 e. The van der Waals surface area contributed by atoms with E-state index in [0.29, 0.717) is 16.3 Å². The first-order valence-electron chi connectivity index (χ1n) is 6.06. The first kappa shape index (κ1) is 14.4. The molecule has 6 heteroatoms. The lowest BCUT2D eigenvalue weighted by Crippen LogP contribution is -2.29. The van der Waals surface area contributed by atoms with E-state index in [2.05, 4.69) is 15.3 Å². The van der Waals surface area contributed by atoms with Crippen LogP contribution in [0.15, 0.2) is 36.7 Å². The van der Waals surface area contributed by atoms with Gasteiger partial charge < -0.3 is 10.4 Å². The van der Waals surface area contributed by atoms with Crippen LogP contribution in [0.5, 0.6) is 0 Å². The summed E-state index contributed by atoms with van der Waals surface area (Å²) >= 11 is 5.77. The van der Waals surface area contributed by atoms with Crippen molar-refractivity contribution in [3.8, 4) is 0 Å². The average molecular weight is 292 g/mol. The second kappa shape index (κ2) is 6.45. The Bertz CT molecular complexity index is 602. The monoisotopic (exact) mass is 291 g/mol. The predicted octanol–water partition coefficient (Wildman–Crippen LogP) is 1.90. The van der Waals surface area contributed by atoms with Crippen molar-refractivity contribution in [3.63, 3.8) is 0 Å². The fraction of sp³-hybridized carbons (Fsp3) is 0.214. The minimum absolute atomic E-state index is 0.101. The van der Waals surface area contributed by atoms with Gasteiger partial charge in [-0.15, -0.1) is 0 Å². The van der Waals surface area contributed by atoms with Crippen molar-refractivity contribution in [2.24, 2.45) is 0 Å². The SMILES string of the molecule is Cc1cc(C(=O)NCC(O)c2ccc(Cl)cc2)ncn1. The molecule has 2 rings (SSSR count). The zero-order valence-electron chi connectivity index (χ0n) is 10.9. The van der Waals surface area contributed by atoms with Gasteiger partial charge in [0.1, 0.15) is 12.0 Å². The van der Waals surface area contributed by atoms with Gasteiger partial charge in [-0.2, -0.15) is 0 Å². The number of aromatic nitrogens is 2. The molecule has 1 aromatic heterocycles. The molecule has 0 spiro atoms. The van der Waals surface area contributed by atoms with Gasteiger partial charge >= 0.3 is 0 Å². The Balaban J connectivity index is 1.94. The molecule has 0 aliphatic heterocycles. The number of benzene rings is 1. The normalized spacial score (nSPS) is 11.9. The van der Waals surface area contributed by atoms with Crippen LogP contribution < -0.4 is 5.32 Å². The molecule has 5 nitrogen and oxygen atoms in total. The van der Waals surface area contributed by atoms with Gasteiger partial charge in [-0.3, -0.25) is 4.79 Å². The number of rotatable bonds is 4. The number of halogens is 1. The Kier molecular flexibility index (Phi) is 4.65. The number of nitrogens with zero attached hydrogens (tertiary/aromatic N) is 2. The van der Waals surface area contributed by atoms with Gasteiger partial charge in [0.15, 0.2) is 0 Å². The maximum atomic E-state index is 11.9. The Labute approximate surface area is 121 Å². The Morgan fingerprint density at radius 2 is 2.05 bits per heavy atom. The Morgan fingerprint density at radius 3 is 2.70 bits per heavy atom. The van der Waals surface area contributed by atoms with E-state index in [4.69, 9.17) is 11.6 Å². The van der Waals surface area contributed by atoms with Gasteiger partial charge in [-0.1, -0.05) is 23.7 Å². The van der Waals surface area contributed by atoms with Crippen LogP contribution in [0.4, 0.5) is 0 Å². The molecule has 2 aromatic rings. The summed E-state index contributed by atoms with van der Waals surface area (Å²) in [6.45, 7) is 1.88. The van der Waals surface area contributed by atoms with E-state index in [1.807, 2.05) is 0 Å². The number of hydrogen-bond acceptors (Lipinski definition) is 4. The van der Waals surface area contributed by atoms with E-state index in [1.165, 1.54) is 6.33 Å². The molecular weight excluding hydrogens is 278 g/mol. The zero-order valence-corrected chi connectivity index (χ0v) is 11.6. The number of aliphatic hydroxyl groups is 1. The summed E-state index contributed by atoms with van der Waals surface area (Å²) in [5.41, 5.74) is 1.68. The minimum atomic E-state index is -0.792. The van der Waals surface area contributed by atoms with Crippen LogP contribution in [-0.4, -0.2) is 27.5 Å². The molecule has 0 saturated carbocycles. The highest BCUT2D eigenvalue weighted by Crippen LogP contribution is 2.15. The van der Waals surface area contributed by atoms with Crippen molar-refractivity contribution >= 4 is 17.5 Å². The number of hydrogen-bond donors (Lipinski definition) is 2. The van der Waals surface area contributed by atoms with E-state index < -0.39 is 6.10 Å². The molecule has 0 aliphatic carbocycles.